The third-order valence-electron chi connectivity index (χ3n) is 3.52. The van der Waals surface area contributed by atoms with Gasteiger partial charge in [-0.05, 0) is 27.2 Å². The molecule has 1 aromatic rings. The van der Waals surface area contributed by atoms with Crippen LogP contribution in [0.15, 0.2) is 12.4 Å². The summed E-state index contributed by atoms with van der Waals surface area (Å²) in [6, 6.07) is -1.44. The van der Waals surface area contributed by atoms with Crippen LogP contribution in [0, 0.1) is 0 Å². The number of fused-ring (bicyclic) bond motifs is 1. The highest BCUT2D eigenvalue weighted by Gasteiger charge is 2.35. The lowest BCUT2D eigenvalue weighted by Gasteiger charge is -2.37. The Bertz CT molecular complexity index is 599. The fourth-order valence-electron chi connectivity index (χ4n) is 2.46. The summed E-state index contributed by atoms with van der Waals surface area (Å²) in [7, 11) is 0. The normalized spacial score (nSPS) is 19.0. The summed E-state index contributed by atoms with van der Waals surface area (Å²) in [6.45, 7) is 5.57. The van der Waals surface area contributed by atoms with Crippen LogP contribution in [0.2, 0.25) is 0 Å². The van der Waals surface area contributed by atoms with Crippen molar-refractivity contribution in [2.24, 2.45) is 5.73 Å². The fraction of sp³-hybridized carbons (Fsp3) is 0.600. The molecule has 0 radical (unpaired) electrons. The zero-order chi connectivity index (χ0) is 17.2. The first-order valence-electron chi connectivity index (χ1n) is 7.44. The van der Waals surface area contributed by atoms with Gasteiger partial charge < -0.3 is 15.6 Å². The van der Waals surface area contributed by atoms with E-state index >= 15 is 0 Å². The maximum atomic E-state index is 12.5. The number of aromatic nitrogens is 2. The molecule has 2 rings (SSSR count). The lowest BCUT2D eigenvalue weighted by molar-refractivity contribution is -0.139. The Kier molecular flexibility index (Phi) is 4.84. The maximum Gasteiger partial charge on any atom is 0.410 e. The number of rotatable bonds is 3. The van der Waals surface area contributed by atoms with Gasteiger partial charge in [-0.1, -0.05) is 0 Å². The zero-order valence-electron chi connectivity index (χ0n) is 13.5. The fourth-order valence-corrected chi connectivity index (χ4v) is 2.46. The van der Waals surface area contributed by atoms with E-state index in [1.807, 2.05) is 0 Å². The molecular weight excluding hydrogens is 300 g/mol. The third kappa shape index (κ3) is 4.38. The van der Waals surface area contributed by atoms with Crippen LogP contribution in [0.4, 0.5) is 4.79 Å². The molecule has 126 valence electrons. The highest BCUT2D eigenvalue weighted by Crippen LogP contribution is 2.25. The van der Waals surface area contributed by atoms with E-state index in [1.54, 1.807) is 33.2 Å². The van der Waals surface area contributed by atoms with Crippen LogP contribution >= 0.6 is 0 Å². The van der Waals surface area contributed by atoms with Crippen molar-refractivity contribution in [3.63, 3.8) is 0 Å². The van der Waals surface area contributed by atoms with E-state index in [1.165, 1.54) is 4.90 Å². The van der Waals surface area contributed by atoms with Crippen LogP contribution in [-0.4, -0.2) is 49.7 Å². The molecule has 1 amide bonds. The number of carbonyl (C=O) groups excluding carboxylic acids is 1. The summed E-state index contributed by atoms with van der Waals surface area (Å²) in [5, 5.41) is 9.03. The van der Waals surface area contributed by atoms with Crippen molar-refractivity contribution in [2.45, 2.75) is 57.8 Å². The summed E-state index contributed by atoms with van der Waals surface area (Å²) >= 11 is 0. The maximum absolute atomic E-state index is 12.5. The topological polar surface area (TPSA) is 119 Å². The Hall–Kier alpha value is -2.22. The Morgan fingerprint density at radius 1 is 1.39 bits per heavy atom. The van der Waals surface area contributed by atoms with E-state index in [-0.39, 0.29) is 19.0 Å². The van der Waals surface area contributed by atoms with Crippen LogP contribution in [0.5, 0.6) is 0 Å². The minimum atomic E-state index is -1.10. The summed E-state index contributed by atoms with van der Waals surface area (Å²) in [6.07, 6.45) is 3.18. The van der Waals surface area contributed by atoms with Gasteiger partial charge in [-0.25, -0.2) is 4.79 Å². The zero-order valence-corrected chi connectivity index (χ0v) is 13.5. The molecule has 2 unspecified atom stereocenters. The lowest BCUT2D eigenvalue weighted by atomic mass is 9.96. The molecule has 1 aromatic heterocycles. The van der Waals surface area contributed by atoms with Gasteiger partial charge in [0.2, 0.25) is 0 Å². The molecule has 0 aromatic carbocycles. The average Bonchev–Trinajstić information content (AvgIpc) is 2.44. The van der Waals surface area contributed by atoms with Gasteiger partial charge in [0, 0.05) is 24.9 Å². The van der Waals surface area contributed by atoms with E-state index in [0.717, 1.165) is 5.69 Å². The van der Waals surface area contributed by atoms with E-state index in [9.17, 15) is 9.59 Å². The van der Waals surface area contributed by atoms with Gasteiger partial charge in [-0.3, -0.25) is 19.7 Å². The first kappa shape index (κ1) is 17.1. The standard InChI is InChI=1S/C15H22N4O4/c1-15(2,3)23-14(22)19-8-12-11(17-4-5-18-12)7-9(19)6-10(16)13(20)21/h4-5,9-10H,6-8,16H2,1-3H3,(H,20,21). The van der Waals surface area contributed by atoms with Gasteiger partial charge in [0.15, 0.2) is 0 Å². The molecule has 8 heteroatoms. The summed E-state index contributed by atoms with van der Waals surface area (Å²) < 4.78 is 5.42. The number of nitrogens with zero attached hydrogens (tertiary/aromatic N) is 3. The number of nitrogens with two attached hydrogens (primary N) is 1. The second kappa shape index (κ2) is 6.49. The van der Waals surface area contributed by atoms with Crippen molar-refractivity contribution in [3.05, 3.63) is 23.8 Å². The first-order valence-corrected chi connectivity index (χ1v) is 7.44. The van der Waals surface area contributed by atoms with Gasteiger partial charge in [0.25, 0.3) is 0 Å². The second-order valence-corrected chi connectivity index (χ2v) is 6.60. The monoisotopic (exact) mass is 322 g/mol. The highest BCUT2D eigenvalue weighted by molar-refractivity contribution is 5.73. The van der Waals surface area contributed by atoms with E-state index in [4.69, 9.17) is 15.6 Å². The van der Waals surface area contributed by atoms with Crippen LogP contribution < -0.4 is 5.73 Å². The highest BCUT2D eigenvalue weighted by atomic mass is 16.6. The Balaban J connectivity index is 2.24. The predicted octanol–water partition coefficient (Wildman–Crippen LogP) is 0.940. The van der Waals surface area contributed by atoms with E-state index in [0.29, 0.717) is 12.1 Å². The quantitative estimate of drug-likeness (QED) is 0.850. The predicted molar refractivity (Wildman–Crippen MR) is 81.5 cm³/mol. The van der Waals surface area contributed by atoms with Crippen molar-refractivity contribution in [1.82, 2.24) is 14.9 Å². The molecule has 23 heavy (non-hydrogen) atoms. The Morgan fingerprint density at radius 2 is 2.00 bits per heavy atom. The number of amides is 1. The van der Waals surface area contributed by atoms with Crippen molar-refractivity contribution < 1.29 is 19.4 Å². The van der Waals surface area contributed by atoms with Crippen molar-refractivity contribution >= 4 is 12.1 Å². The van der Waals surface area contributed by atoms with Gasteiger partial charge in [-0.15, -0.1) is 0 Å². The molecule has 0 saturated heterocycles. The summed E-state index contributed by atoms with van der Waals surface area (Å²) in [5.74, 6) is -1.10. The van der Waals surface area contributed by atoms with Crippen LogP contribution in [0.25, 0.3) is 0 Å². The summed E-state index contributed by atoms with van der Waals surface area (Å²) in [4.78, 5) is 33.5. The minimum Gasteiger partial charge on any atom is -0.480 e. The van der Waals surface area contributed by atoms with Gasteiger partial charge in [0.05, 0.1) is 17.9 Å². The summed E-state index contributed by atoms with van der Waals surface area (Å²) in [5.41, 5.74) is 6.46. The van der Waals surface area contributed by atoms with Crippen molar-refractivity contribution in [1.29, 1.82) is 0 Å². The van der Waals surface area contributed by atoms with Crippen LogP contribution in [0.3, 0.4) is 0 Å². The van der Waals surface area contributed by atoms with Crippen molar-refractivity contribution in [2.75, 3.05) is 0 Å². The Morgan fingerprint density at radius 3 is 2.57 bits per heavy atom. The molecule has 1 aliphatic rings. The van der Waals surface area contributed by atoms with Gasteiger partial charge in [-0.2, -0.15) is 0 Å². The largest absolute Gasteiger partial charge is 0.480 e. The van der Waals surface area contributed by atoms with Gasteiger partial charge in [0.1, 0.15) is 11.6 Å². The number of carbonyl (C=O) groups is 2. The SMILES string of the molecule is CC(C)(C)OC(=O)N1Cc2nccnc2CC1CC(N)C(=O)O. The third-order valence-corrected chi connectivity index (χ3v) is 3.52. The molecule has 0 saturated carbocycles. The second-order valence-electron chi connectivity index (χ2n) is 6.60. The number of hydrogen-bond acceptors (Lipinski definition) is 6. The van der Waals surface area contributed by atoms with Crippen LogP contribution in [0.1, 0.15) is 38.6 Å². The smallest absolute Gasteiger partial charge is 0.410 e. The van der Waals surface area contributed by atoms with Crippen molar-refractivity contribution in [3.8, 4) is 0 Å². The molecule has 2 heterocycles. The lowest BCUT2D eigenvalue weighted by Crippen LogP contribution is -2.50. The molecule has 0 fully saturated rings. The number of ether oxygens (including phenoxy) is 1. The average molecular weight is 322 g/mol. The molecule has 0 bridgehead atoms. The number of carboxylic acids is 1. The molecule has 1 aliphatic heterocycles. The number of hydrogen-bond donors (Lipinski definition) is 2. The first-order chi connectivity index (χ1) is 10.7. The molecule has 0 spiro atoms. The van der Waals surface area contributed by atoms with E-state index < -0.39 is 23.7 Å². The molecule has 0 aliphatic carbocycles. The van der Waals surface area contributed by atoms with Crippen LogP contribution in [-0.2, 0) is 22.5 Å². The number of aliphatic carboxylic acids is 1. The molecule has 2 atom stereocenters. The van der Waals surface area contributed by atoms with Gasteiger partial charge >= 0.3 is 12.1 Å². The minimum absolute atomic E-state index is 0.130. The Labute approximate surface area is 134 Å². The molecule has 3 N–H and O–H groups in total. The number of carboxylic acid groups (broad SMARTS) is 1. The molecule has 8 nitrogen and oxygen atoms in total. The molecular formula is C15H22N4O4. The van der Waals surface area contributed by atoms with E-state index in [2.05, 4.69) is 9.97 Å².